The van der Waals surface area contributed by atoms with E-state index in [4.69, 9.17) is 15.6 Å². The molecule has 0 saturated heterocycles. The number of hydrogen-bond donors (Lipinski definition) is 2. The molecule has 92 valence electrons. The zero-order chi connectivity index (χ0) is 13.1. The first-order chi connectivity index (χ1) is 8.58. The molecule has 0 aliphatic heterocycles. The number of rotatable bonds is 3. The van der Waals surface area contributed by atoms with Gasteiger partial charge in [-0.2, -0.15) is 0 Å². The number of benzene rings is 2. The van der Waals surface area contributed by atoms with Crippen LogP contribution in [-0.4, -0.2) is 10.0 Å². The Balaban J connectivity index is 2.32. The molecular weight excluding hydrogens is 236 g/mol. The SMILES string of the molecule is Nc1c(Oc2ccc(O)cc2)cccc1[N+](=O)[O-]. The third-order valence-electron chi connectivity index (χ3n) is 2.30. The van der Waals surface area contributed by atoms with Gasteiger partial charge in [0.2, 0.25) is 0 Å². The fourth-order valence-corrected chi connectivity index (χ4v) is 1.42. The summed E-state index contributed by atoms with van der Waals surface area (Å²) >= 11 is 0. The predicted octanol–water partition coefficient (Wildman–Crippen LogP) is 2.67. The number of aromatic hydroxyl groups is 1. The van der Waals surface area contributed by atoms with Crippen molar-refractivity contribution in [2.75, 3.05) is 5.73 Å². The van der Waals surface area contributed by atoms with Crippen molar-refractivity contribution in [1.82, 2.24) is 0 Å². The molecular formula is C12H10N2O4. The lowest BCUT2D eigenvalue weighted by Gasteiger charge is -2.08. The Morgan fingerprint density at radius 1 is 1.17 bits per heavy atom. The Morgan fingerprint density at radius 3 is 2.44 bits per heavy atom. The summed E-state index contributed by atoms with van der Waals surface area (Å²) < 4.78 is 5.41. The summed E-state index contributed by atoms with van der Waals surface area (Å²) in [5.74, 6) is 0.740. The number of para-hydroxylation sites is 1. The van der Waals surface area contributed by atoms with Gasteiger partial charge in [-0.1, -0.05) is 6.07 Å². The smallest absolute Gasteiger partial charge is 0.295 e. The van der Waals surface area contributed by atoms with Crippen molar-refractivity contribution in [3.63, 3.8) is 0 Å². The minimum absolute atomic E-state index is 0.0319. The summed E-state index contributed by atoms with van der Waals surface area (Å²) in [7, 11) is 0. The molecule has 0 aromatic heterocycles. The number of phenols is 1. The maximum absolute atomic E-state index is 10.7. The lowest BCUT2D eigenvalue weighted by atomic mass is 10.2. The van der Waals surface area contributed by atoms with Gasteiger partial charge in [0, 0.05) is 6.07 Å². The molecule has 0 atom stereocenters. The normalized spacial score (nSPS) is 10.0. The first-order valence-corrected chi connectivity index (χ1v) is 5.07. The van der Waals surface area contributed by atoms with Crippen molar-refractivity contribution >= 4 is 11.4 Å². The van der Waals surface area contributed by atoms with E-state index in [-0.39, 0.29) is 22.9 Å². The maximum atomic E-state index is 10.7. The van der Waals surface area contributed by atoms with Crippen molar-refractivity contribution in [2.24, 2.45) is 0 Å². The van der Waals surface area contributed by atoms with Gasteiger partial charge < -0.3 is 15.6 Å². The van der Waals surface area contributed by atoms with Crippen LogP contribution in [0.4, 0.5) is 11.4 Å². The number of hydrogen-bond acceptors (Lipinski definition) is 5. The van der Waals surface area contributed by atoms with E-state index in [9.17, 15) is 10.1 Å². The average molecular weight is 246 g/mol. The highest BCUT2D eigenvalue weighted by molar-refractivity contribution is 5.67. The highest BCUT2D eigenvalue weighted by Gasteiger charge is 2.15. The number of ether oxygens (including phenoxy) is 1. The lowest BCUT2D eigenvalue weighted by molar-refractivity contribution is -0.383. The third-order valence-corrected chi connectivity index (χ3v) is 2.30. The molecule has 0 aliphatic carbocycles. The second-order valence-corrected chi connectivity index (χ2v) is 3.54. The second kappa shape index (κ2) is 4.62. The van der Waals surface area contributed by atoms with E-state index in [0.29, 0.717) is 5.75 Å². The number of nitro groups is 1. The molecule has 18 heavy (non-hydrogen) atoms. The zero-order valence-electron chi connectivity index (χ0n) is 9.24. The van der Waals surface area contributed by atoms with Gasteiger partial charge in [-0.25, -0.2) is 0 Å². The molecule has 0 aliphatic rings. The second-order valence-electron chi connectivity index (χ2n) is 3.54. The molecule has 0 unspecified atom stereocenters. The van der Waals surface area contributed by atoms with E-state index in [1.807, 2.05) is 0 Å². The topological polar surface area (TPSA) is 98.6 Å². The largest absolute Gasteiger partial charge is 0.508 e. The number of nitrogen functional groups attached to an aromatic ring is 1. The Hall–Kier alpha value is -2.76. The first kappa shape index (κ1) is 11.7. The summed E-state index contributed by atoms with van der Waals surface area (Å²) in [4.78, 5) is 10.1. The minimum Gasteiger partial charge on any atom is -0.508 e. The number of phenolic OH excluding ortho intramolecular Hbond substituents is 1. The number of nitrogens with zero attached hydrogens (tertiary/aromatic N) is 1. The van der Waals surface area contributed by atoms with E-state index in [2.05, 4.69) is 0 Å². The molecule has 2 aromatic carbocycles. The van der Waals surface area contributed by atoms with Crippen LogP contribution in [0.2, 0.25) is 0 Å². The van der Waals surface area contributed by atoms with Crippen LogP contribution in [0.5, 0.6) is 17.2 Å². The Morgan fingerprint density at radius 2 is 1.83 bits per heavy atom. The molecule has 0 bridgehead atoms. The summed E-state index contributed by atoms with van der Waals surface area (Å²) in [6.07, 6.45) is 0. The van der Waals surface area contributed by atoms with Crippen LogP contribution in [0.3, 0.4) is 0 Å². The molecule has 0 fully saturated rings. The fraction of sp³-hybridized carbons (Fsp3) is 0. The summed E-state index contributed by atoms with van der Waals surface area (Å²) in [6, 6.07) is 10.3. The van der Waals surface area contributed by atoms with E-state index < -0.39 is 4.92 Å². The predicted molar refractivity (Wildman–Crippen MR) is 65.7 cm³/mol. The maximum Gasteiger partial charge on any atom is 0.295 e. The van der Waals surface area contributed by atoms with Gasteiger partial charge in [-0.15, -0.1) is 0 Å². The van der Waals surface area contributed by atoms with Crippen molar-refractivity contribution in [3.05, 3.63) is 52.6 Å². The van der Waals surface area contributed by atoms with Crippen LogP contribution in [0.25, 0.3) is 0 Å². The standard InChI is InChI=1S/C12H10N2O4/c13-12-10(14(16)17)2-1-3-11(12)18-9-6-4-8(15)5-7-9/h1-7,15H,13H2. The monoisotopic (exact) mass is 246 g/mol. The molecule has 0 amide bonds. The van der Waals surface area contributed by atoms with Gasteiger partial charge in [-0.05, 0) is 30.3 Å². The van der Waals surface area contributed by atoms with Crippen LogP contribution in [-0.2, 0) is 0 Å². The van der Waals surface area contributed by atoms with E-state index in [1.54, 1.807) is 0 Å². The Kier molecular flexibility index (Phi) is 3.01. The number of nitrogens with two attached hydrogens (primary N) is 1. The average Bonchev–Trinajstić information content (AvgIpc) is 2.34. The first-order valence-electron chi connectivity index (χ1n) is 5.07. The highest BCUT2D eigenvalue weighted by Crippen LogP contribution is 2.34. The van der Waals surface area contributed by atoms with Crippen LogP contribution < -0.4 is 10.5 Å². The van der Waals surface area contributed by atoms with Crippen molar-refractivity contribution in [3.8, 4) is 17.2 Å². The van der Waals surface area contributed by atoms with E-state index in [0.717, 1.165) is 0 Å². The highest BCUT2D eigenvalue weighted by atomic mass is 16.6. The van der Waals surface area contributed by atoms with Gasteiger partial charge in [-0.3, -0.25) is 10.1 Å². The van der Waals surface area contributed by atoms with Crippen LogP contribution >= 0.6 is 0 Å². The Bertz CT molecular complexity index is 581. The van der Waals surface area contributed by atoms with Crippen molar-refractivity contribution < 1.29 is 14.8 Å². The van der Waals surface area contributed by atoms with Crippen molar-refractivity contribution in [1.29, 1.82) is 0 Å². The van der Waals surface area contributed by atoms with Gasteiger partial charge >= 0.3 is 0 Å². The van der Waals surface area contributed by atoms with Gasteiger partial charge in [0.1, 0.15) is 11.5 Å². The number of anilines is 1. The quantitative estimate of drug-likeness (QED) is 0.492. The summed E-state index contributed by atoms with van der Waals surface area (Å²) in [6.45, 7) is 0. The molecule has 0 heterocycles. The summed E-state index contributed by atoms with van der Waals surface area (Å²) in [5, 5.41) is 19.8. The van der Waals surface area contributed by atoms with E-state index in [1.165, 1.54) is 42.5 Å². The molecule has 2 aromatic rings. The van der Waals surface area contributed by atoms with Crippen LogP contribution in [0.1, 0.15) is 0 Å². The number of nitro benzene ring substituents is 1. The van der Waals surface area contributed by atoms with Crippen LogP contribution in [0, 0.1) is 10.1 Å². The molecule has 2 rings (SSSR count). The van der Waals surface area contributed by atoms with E-state index >= 15 is 0 Å². The van der Waals surface area contributed by atoms with Gasteiger partial charge in [0.15, 0.2) is 11.4 Å². The molecule has 6 heteroatoms. The van der Waals surface area contributed by atoms with Gasteiger partial charge in [0.25, 0.3) is 5.69 Å². The Labute approximate surface area is 102 Å². The lowest BCUT2D eigenvalue weighted by Crippen LogP contribution is -1.98. The fourth-order valence-electron chi connectivity index (χ4n) is 1.42. The third kappa shape index (κ3) is 2.32. The summed E-state index contributed by atoms with van der Waals surface area (Å²) in [5.41, 5.74) is 5.41. The van der Waals surface area contributed by atoms with Crippen molar-refractivity contribution in [2.45, 2.75) is 0 Å². The minimum atomic E-state index is -0.570. The molecule has 6 nitrogen and oxygen atoms in total. The van der Waals surface area contributed by atoms with Gasteiger partial charge in [0.05, 0.1) is 4.92 Å². The molecule has 0 spiro atoms. The molecule has 0 radical (unpaired) electrons. The van der Waals surface area contributed by atoms with Crippen LogP contribution in [0.15, 0.2) is 42.5 Å². The molecule has 0 saturated carbocycles. The zero-order valence-corrected chi connectivity index (χ0v) is 9.24. The molecule has 3 N–H and O–H groups in total.